The summed E-state index contributed by atoms with van der Waals surface area (Å²) in [7, 11) is 0. The number of hydrogen-bond acceptors (Lipinski definition) is 4. The molecule has 0 spiro atoms. The van der Waals surface area contributed by atoms with Gasteiger partial charge in [0.1, 0.15) is 11.9 Å². The molecule has 0 aromatic heterocycles. The van der Waals surface area contributed by atoms with Gasteiger partial charge in [-0.2, -0.15) is 0 Å². The van der Waals surface area contributed by atoms with Crippen molar-refractivity contribution in [1.82, 2.24) is 10.2 Å². The highest BCUT2D eigenvalue weighted by Crippen LogP contribution is 2.24. The average Bonchev–Trinajstić information content (AvgIpc) is 2.51. The largest absolute Gasteiger partial charge is 0.379 e. The summed E-state index contributed by atoms with van der Waals surface area (Å²) in [6.45, 7) is 3.36. The van der Waals surface area contributed by atoms with Gasteiger partial charge in [0.05, 0.1) is 13.2 Å². The predicted molar refractivity (Wildman–Crippen MR) is 78.2 cm³/mol. The number of carbonyl (C=O) groups is 1. The Morgan fingerprint density at radius 1 is 1.38 bits per heavy atom. The molecule has 0 saturated carbocycles. The van der Waals surface area contributed by atoms with Crippen molar-refractivity contribution in [3.63, 3.8) is 0 Å². The van der Waals surface area contributed by atoms with E-state index in [0.29, 0.717) is 51.4 Å². The zero-order chi connectivity index (χ0) is 15.1. The van der Waals surface area contributed by atoms with E-state index in [1.807, 2.05) is 4.90 Å². The fourth-order valence-electron chi connectivity index (χ4n) is 2.45. The highest BCUT2D eigenvalue weighted by molar-refractivity contribution is 5.83. The molecule has 0 radical (unpaired) electrons. The monoisotopic (exact) mass is 295 g/mol. The summed E-state index contributed by atoms with van der Waals surface area (Å²) < 4.78 is 19.4. The van der Waals surface area contributed by atoms with Gasteiger partial charge in [0.2, 0.25) is 5.91 Å². The molecule has 116 valence electrons. The Hall–Kier alpha value is -1.50. The molecule has 1 heterocycles. The number of hydrogen-bond donors (Lipinski definition) is 2. The molecule has 1 aliphatic rings. The fourth-order valence-corrected chi connectivity index (χ4v) is 2.45. The number of halogens is 1. The molecule has 21 heavy (non-hydrogen) atoms. The minimum Gasteiger partial charge on any atom is -0.379 e. The van der Waals surface area contributed by atoms with Gasteiger partial charge in [0, 0.05) is 25.2 Å². The van der Waals surface area contributed by atoms with E-state index < -0.39 is 6.04 Å². The SMILES string of the molecule is NCCCNC(=O)C(c1ccccc1F)N1CCOCC1. The van der Waals surface area contributed by atoms with E-state index in [2.05, 4.69) is 5.32 Å². The number of morpholine rings is 1. The second-order valence-electron chi connectivity index (χ2n) is 5.01. The van der Waals surface area contributed by atoms with Gasteiger partial charge in [-0.1, -0.05) is 18.2 Å². The number of nitrogens with two attached hydrogens (primary N) is 1. The van der Waals surface area contributed by atoms with E-state index in [1.165, 1.54) is 6.07 Å². The topological polar surface area (TPSA) is 67.6 Å². The van der Waals surface area contributed by atoms with Gasteiger partial charge in [0.25, 0.3) is 0 Å². The molecule has 2 rings (SSSR count). The van der Waals surface area contributed by atoms with E-state index in [-0.39, 0.29) is 11.7 Å². The number of benzene rings is 1. The molecule has 6 heteroatoms. The standard InChI is InChI=1S/C15H22FN3O2/c16-13-5-2-1-4-12(13)14(15(20)18-7-3-6-17)19-8-10-21-11-9-19/h1-2,4-5,14H,3,6-11,17H2,(H,18,20). The summed E-state index contributed by atoms with van der Waals surface area (Å²) in [5.41, 5.74) is 5.84. The van der Waals surface area contributed by atoms with Crippen LogP contribution in [0.5, 0.6) is 0 Å². The van der Waals surface area contributed by atoms with E-state index >= 15 is 0 Å². The lowest BCUT2D eigenvalue weighted by Gasteiger charge is -2.33. The Morgan fingerprint density at radius 2 is 2.10 bits per heavy atom. The Kier molecular flexibility index (Phi) is 6.10. The Balaban J connectivity index is 2.17. The van der Waals surface area contributed by atoms with Crippen molar-refractivity contribution >= 4 is 5.91 Å². The Morgan fingerprint density at radius 3 is 2.76 bits per heavy atom. The van der Waals surface area contributed by atoms with Crippen molar-refractivity contribution in [1.29, 1.82) is 0 Å². The van der Waals surface area contributed by atoms with Crippen molar-refractivity contribution in [2.45, 2.75) is 12.5 Å². The second kappa shape index (κ2) is 8.07. The molecular weight excluding hydrogens is 273 g/mol. The quantitative estimate of drug-likeness (QED) is 0.757. The molecule has 1 atom stereocenters. The third kappa shape index (κ3) is 4.23. The van der Waals surface area contributed by atoms with Crippen LogP contribution in [0, 0.1) is 5.82 Å². The third-order valence-electron chi connectivity index (χ3n) is 3.54. The molecule has 0 bridgehead atoms. The van der Waals surface area contributed by atoms with Crippen molar-refractivity contribution < 1.29 is 13.9 Å². The van der Waals surface area contributed by atoms with Gasteiger partial charge >= 0.3 is 0 Å². The van der Waals surface area contributed by atoms with E-state index in [1.54, 1.807) is 18.2 Å². The summed E-state index contributed by atoms with van der Waals surface area (Å²) in [5.74, 6) is -0.543. The number of rotatable bonds is 6. The fraction of sp³-hybridized carbons (Fsp3) is 0.533. The van der Waals surface area contributed by atoms with E-state index in [4.69, 9.17) is 10.5 Å². The number of amides is 1. The predicted octanol–water partition coefficient (Wildman–Crippen LogP) is 0.664. The zero-order valence-corrected chi connectivity index (χ0v) is 12.1. The zero-order valence-electron chi connectivity index (χ0n) is 12.1. The normalized spacial score (nSPS) is 17.4. The summed E-state index contributed by atoms with van der Waals surface area (Å²) >= 11 is 0. The van der Waals surface area contributed by atoms with Gasteiger partial charge in [-0.25, -0.2) is 4.39 Å². The van der Waals surface area contributed by atoms with E-state index in [0.717, 1.165) is 0 Å². The van der Waals surface area contributed by atoms with Crippen LogP contribution in [0.25, 0.3) is 0 Å². The van der Waals surface area contributed by atoms with Crippen LogP contribution in [0.4, 0.5) is 4.39 Å². The van der Waals surface area contributed by atoms with Gasteiger partial charge in [0.15, 0.2) is 0 Å². The first kappa shape index (κ1) is 15.9. The first-order valence-corrected chi connectivity index (χ1v) is 7.28. The van der Waals surface area contributed by atoms with Gasteiger partial charge in [-0.05, 0) is 19.0 Å². The van der Waals surface area contributed by atoms with Crippen LogP contribution in [0.3, 0.4) is 0 Å². The van der Waals surface area contributed by atoms with E-state index in [9.17, 15) is 9.18 Å². The van der Waals surface area contributed by atoms with Crippen molar-refractivity contribution in [2.24, 2.45) is 5.73 Å². The van der Waals surface area contributed by atoms with Gasteiger partial charge in [-0.3, -0.25) is 9.69 Å². The highest BCUT2D eigenvalue weighted by atomic mass is 19.1. The average molecular weight is 295 g/mol. The van der Waals surface area contributed by atoms with Crippen LogP contribution in [0.2, 0.25) is 0 Å². The molecule has 1 saturated heterocycles. The minimum atomic E-state index is -0.618. The molecule has 1 unspecified atom stereocenters. The molecule has 1 fully saturated rings. The van der Waals surface area contributed by atoms with Crippen LogP contribution >= 0.6 is 0 Å². The highest BCUT2D eigenvalue weighted by Gasteiger charge is 2.30. The molecular formula is C15H22FN3O2. The van der Waals surface area contributed by atoms with Crippen molar-refractivity contribution in [2.75, 3.05) is 39.4 Å². The lowest BCUT2D eigenvalue weighted by Crippen LogP contribution is -2.46. The summed E-state index contributed by atoms with van der Waals surface area (Å²) in [6, 6.07) is 5.81. The molecule has 5 nitrogen and oxygen atoms in total. The van der Waals surface area contributed by atoms with Crippen molar-refractivity contribution in [3.05, 3.63) is 35.6 Å². The minimum absolute atomic E-state index is 0.185. The number of ether oxygens (including phenoxy) is 1. The lowest BCUT2D eigenvalue weighted by molar-refractivity contribution is -0.128. The lowest BCUT2D eigenvalue weighted by atomic mass is 10.0. The maximum absolute atomic E-state index is 14.1. The van der Waals surface area contributed by atoms with Crippen LogP contribution in [-0.4, -0.2) is 50.2 Å². The summed E-state index contributed by atoms with van der Waals surface area (Å²) in [6.07, 6.45) is 0.707. The number of nitrogens with one attached hydrogen (secondary N) is 1. The Labute approximate surface area is 124 Å². The molecule has 3 N–H and O–H groups in total. The maximum Gasteiger partial charge on any atom is 0.242 e. The smallest absolute Gasteiger partial charge is 0.242 e. The Bertz CT molecular complexity index is 464. The first-order chi connectivity index (χ1) is 10.2. The van der Waals surface area contributed by atoms with Crippen LogP contribution in [-0.2, 0) is 9.53 Å². The van der Waals surface area contributed by atoms with Crippen LogP contribution in [0.1, 0.15) is 18.0 Å². The number of nitrogens with zero attached hydrogens (tertiary/aromatic N) is 1. The summed E-state index contributed by atoms with van der Waals surface area (Å²) in [5, 5.41) is 2.84. The van der Waals surface area contributed by atoms with Gasteiger partial charge in [-0.15, -0.1) is 0 Å². The molecule has 1 aromatic carbocycles. The maximum atomic E-state index is 14.1. The van der Waals surface area contributed by atoms with Gasteiger partial charge < -0.3 is 15.8 Å². The molecule has 1 amide bonds. The van der Waals surface area contributed by atoms with Crippen LogP contribution < -0.4 is 11.1 Å². The molecule has 0 aliphatic carbocycles. The van der Waals surface area contributed by atoms with Crippen LogP contribution in [0.15, 0.2) is 24.3 Å². The molecule has 1 aromatic rings. The second-order valence-corrected chi connectivity index (χ2v) is 5.01. The first-order valence-electron chi connectivity index (χ1n) is 7.28. The van der Waals surface area contributed by atoms with Crippen molar-refractivity contribution in [3.8, 4) is 0 Å². The molecule has 1 aliphatic heterocycles. The summed E-state index contributed by atoms with van der Waals surface area (Å²) in [4.78, 5) is 14.4. The third-order valence-corrected chi connectivity index (χ3v) is 3.54. The number of carbonyl (C=O) groups excluding carboxylic acids is 1.